The average Bonchev–Trinajstić information content (AvgIpc) is 3.15. The lowest BCUT2D eigenvalue weighted by atomic mass is 10.1. The summed E-state index contributed by atoms with van der Waals surface area (Å²) in [6, 6.07) is 10.2. The van der Waals surface area contributed by atoms with E-state index in [9.17, 15) is 9.18 Å². The van der Waals surface area contributed by atoms with Crippen molar-refractivity contribution in [3.05, 3.63) is 81.8 Å². The Morgan fingerprint density at radius 3 is 2.60 bits per heavy atom. The van der Waals surface area contributed by atoms with Gasteiger partial charge in [0, 0.05) is 48.3 Å². The summed E-state index contributed by atoms with van der Waals surface area (Å²) < 4.78 is 15.1. The quantitative estimate of drug-likeness (QED) is 0.258. The number of halogens is 2. The number of nitrogens with zero attached hydrogens (tertiary/aromatic N) is 3. The molecule has 0 aliphatic heterocycles. The number of hydrazine groups is 1. The third kappa shape index (κ3) is 6.60. The number of alkyl halides is 1. The Kier molecular flexibility index (Phi) is 8.50. The molecule has 0 aliphatic rings. The van der Waals surface area contributed by atoms with Crippen molar-refractivity contribution < 1.29 is 9.18 Å². The molecule has 1 aromatic heterocycles. The van der Waals surface area contributed by atoms with Crippen molar-refractivity contribution in [2.45, 2.75) is 40.0 Å². The normalized spacial score (nSPS) is 11.7. The fourth-order valence-corrected chi connectivity index (χ4v) is 3.68. The molecule has 1 amide bonds. The van der Waals surface area contributed by atoms with E-state index in [1.165, 1.54) is 11.2 Å². The van der Waals surface area contributed by atoms with Crippen LogP contribution < -0.4 is 27.2 Å². The van der Waals surface area contributed by atoms with E-state index in [2.05, 4.69) is 15.7 Å². The monoisotopic (exact) mass is 499 g/mol. The topological polar surface area (TPSA) is 114 Å². The van der Waals surface area contributed by atoms with Crippen LogP contribution in [0.3, 0.4) is 0 Å². The van der Waals surface area contributed by atoms with Crippen molar-refractivity contribution in [1.29, 1.82) is 0 Å². The molecule has 0 bridgehead atoms. The molecule has 3 rings (SSSR count). The summed E-state index contributed by atoms with van der Waals surface area (Å²) in [6.45, 7) is 5.88. The Bertz CT molecular complexity index is 1240. The van der Waals surface area contributed by atoms with E-state index in [-0.39, 0.29) is 11.9 Å². The van der Waals surface area contributed by atoms with Gasteiger partial charge in [0.15, 0.2) is 0 Å². The van der Waals surface area contributed by atoms with Gasteiger partial charge in [0.25, 0.3) is 5.91 Å². The number of anilines is 2. The first kappa shape index (κ1) is 26.2. The number of aromatic nitrogens is 2. The maximum Gasteiger partial charge on any atom is 0.255 e. The number of nitrogens with one attached hydrogen (secondary N) is 2. The minimum Gasteiger partial charge on any atom is -0.397 e. The average molecular weight is 500 g/mol. The van der Waals surface area contributed by atoms with E-state index in [1.54, 1.807) is 41.2 Å². The molecule has 8 nitrogen and oxygen atoms in total. The fraction of sp³-hybridized carbons (Fsp3) is 0.280. The summed E-state index contributed by atoms with van der Waals surface area (Å²) in [5.41, 5.74) is 10.8. The minimum atomic E-state index is -0.629. The van der Waals surface area contributed by atoms with Gasteiger partial charge in [0.2, 0.25) is 0 Å². The van der Waals surface area contributed by atoms with Crippen molar-refractivity contribution >= 4 is 34.6 Å². The van der Waals surface area contributed by atoms with E-state index in [1.807, 2.05) is 33.9 Å². The zero-order valence-electron chi connectivity index (χ0n) is 20.3. The summed E-state index contributed by atoms with van der Waals surface area (Å²) in [5.74, 6) is 5.83. The summed E-state index contributed by atoms with van der Waals surface area (Å²) in [7, 11) is 1.82. The largest absolute Gasteiger partial charge is 0.397 e. The number of hydrogen-bond donors (Lipinski definition) is 4. The molecule has 35 heavy (non-hydrogen) atoms. The molecule has 0 saturated heterocycles. The van der Waals surface area contributed by atoms with Gasteiger partial charge in [-0.25, -0.2) is 10.2 Å². The van der Waals surface area contributed by atoms with Crippen LogP contribution >= 0.6 is 11.6 Å². The van der Waals surface area contributed by atoms with E-state index in [0.29, 0.717) is 39.8 Å². The number of benzene rings is 2. The molecule has 2 aromatic carbocycles. The van der Waals surface area contributed by atoms with Gasteiger partial charge in [-0.2, -0.15) is 5.10 Å². The van der Waals surface area contributed by atoms with Gasteiger partial charge in [-0.1, -0.05) is 31.5 Å². The molecule has 0 radical (unpaired) electrons. The predicted octanol–water partition coefficient (Wildman–Crippen LogP) is 4.24. The zero-order chi connectivity index (χ0) is 25.7. The molecule has 6 N–H and O–H groups in total. The number of carbonyl (C=O) groups is 1. The van der Waals surface area contributed by atoms with Crippen LogP contribution in [-0.4, -0.2) is 21.7 Å². The summed E-state index contributed by atoms with van der Waals surface area (Å²) in [4.78, 5) is 13.0. The third-order valence-electron chi connectivity index (χ3n) is 5.49. The highest BCUT2D eigenvalue weighted by Crippen LogP contribution is 2.27. The molecule has 3 aromatic rings. The standard InChI is InChI=1S/C25H31ClFN7O/c1-15(2)30-12-18-7-17(11-27)8-20(9-18)32-25(35)19-5-6-22(26)24(10-19)34(29)14-23(28)21-13-31-33(4)16(21)3/h5-10,13-15,30H,11-12,28-29H2,1-4H3,(H,32,35)/b23-14-. The van der Waals surface area contributed by atoms with Crippen LogP contribution in [0.2, 0.25) is 5.02 Å². The molecule has 0 saturated carbocycles. The third-order valence-corrected chi connectivity index (χ3v) is 5.81. The number of amides is 1. The van der Waals surface area contributed by atoms with Gasteiger partial charge in [-0.05, 0) is 48.4 Å². The van der Waals surface area contributed by atoms with Crippen LogP contribution in [-0.2, 0) is 20.3 Å². The highest BCUT2D eigenvalue weighted by molar-refractivity contribution is 6.33. The molecule has 0 fully saturated rings. The lowest BCUT2D eigenvalue weighted by Gasteiger charge is -2.18. The smallest absolute Gasteiger partial charge is 0.255 e. The Hall–Kier alpha value is -3.40. The van der Waals surface area contributed by atoms with Crippen LogP contribution in [0.4, 0.5) is 15.8 Å². The minimum absolute atomic E-state index is 0.277. The van der Waals surface area contributed by atoms with Gasteiger partial charge >= 0.3 is 0 Å². The molecule has 10 heteroatoms. The number of carbonyl (C=O) groups excluding carboxylic acids is 1. The maximum absolute atomic E-state index is 13.4. The fourth-order valence-electron chi connectivity index (χ4n) is 3.46. The summed E-state index contributed by atoms with van der Waals surface area (Å²) >= 11 is 6.35. The second kappa shape index (κ2) is 11.4. The maximum atomic E-state index is 13.4. The number of nitrogens with two attached hydrogens (primary N) is 2. The molecule has 0 atom stereocenters. The van der Waals surface area contributed by atoms with E-state index in [0.717, 1.165) is 16.8 Å². The van der Waals surface area contributed by atoms with E-state index < -0.39 is 6.67 Å². The number of aryl methyl sites for hydroxylation is 1. The Labute approximate surface area is 209 Å². The molecule has 0 unspecified atom stereocenters. The molecular weight excluding hydrogens is 469 g/mol. The van der Waals surface area contributed by atoms with E-state index >= 15 is 0 Å². The van der Waals surface area contributed by atoms with Crippen LogP contribution in [0.15, 0.2) is 48.8 Å². The van der Waals surface area contributed by atoms with Gasteiger partial charge < -0.3 is 16.4 Å². The van der Waals surface area contributed by atoms with Gasteiger partial charge in [0.05, 0.1) is 22.6 Å². The van der Waals surface area contributed by atoms with Crippen LogP contribution in [0.25, 0.3) is 5.70 Å². The molecule has 1 heterocycles. The molecule has 0 aliphatic carbocycles. The van der Waals surface area contributed by atoms with Crippen molar-refractivity contribution in [3.63, 3.8) is 0 Å². The predicted molar refractivity (Wildman–Crippen MR) is 139 cm³/mol. The Balaban J connectivity index is 1.83. The van der Waals surface area contributed by atoms with Crippen molar-refractivity contribution in [3.8, 4) is 0 Å². The summed E-state index contributed by atoms with van der Waals surface area (Å²) in [6.07, 6.45) is 3.17. The first-order valence-electron chi connectivity index (χ1n) is 11.1. The number of hydrogen-bond acceptors (Lipinski definition) is 6. The van der Waals surface area contributed by atoms with Gasteiger partial charge in [-0.15, -0.1) is 0 Å². The number of rotatable bonds is 9. The molecule has 186 valence electrons. The van der Waals surface area contributed by atoms with E-state index in [4.69, 9.17) is 23.2 Å². The summed E-state index contributed by atoms with van der Waals surface area (Å²) in [5, 5.41) is 11.9. The Morgan fingerprint density at radius 2 is 1.97 bits per heavy atom. The molecule has 0 spiro atoms. The van der Waals surface area contributed by atoms with Gasteiger partial charge in [-0.3, -0.25) is 14.5 Å². The SMILES string of the molecule is Cc1c(/C(N)=C/N(N)c2cc(C(=O)Nc3cc(CF)cc(CNC(C)C)c3)ccc2Cl)cnn1C. The molecular formula is C25H31ClFN7O. The van der Waals surface area contributed by atoms with Crippen LogP contribution in [0.5, 0.6) is 0 Å². The zero-order valence-corrected chi connectivity index (χ0v) is 21.0. The van der Waals surface area contributed by atoms with Crippen LogP contribution in [0, 0.1) is 6.92 Å². The highest BCUT2D eigenvalue weighted by atomic mass is 35.5. The lowest BCUT2D eigenvalue weighted by Crippen LogP contribution is -2.26. The second-order valence-electron chi connectivity index (χ2n) is 8.59. The van der Waals surface area contributed by atoms with Crippen molar-refractivity contribution in [2.75, 3.05) is 10.3 Å². The van der Waals surface area contributed by atoms with Gasteiger partial charge in [0.1, 0.15) is 6.67 Å². The first-order valence-corrected chi connectivity index (χ1v) is 11.5. The second-order valence-corrected chi connectivity index (χ2v) is 8.99. The lowest BCUT2D eigenvalue weighted by molar-refractivity contribution is 0.102. The highest BCUT2D eigenvalue weighted by Gasteiger charge is 2.14. The first-order chi connectivity index (χ1) is 16.6. The Morgan fingerprint density at radius 1 is 1.26 bits per heavy atom. The van der Waals surface area contributed by atoms with Crippen LogP contribution in [0.1, 0.15) is 46.6 Å². The van der Waals surface area contributed by atoms with Crippen molar-refractivity contribution in [2.24, 2.45) is 18.6 Å². The van der Waals surface area contributed by atoms with Crippen molar-refractivity contribution in [1.82, 2.24) is 15.1 Å².